The van der Waals surface area contributed by atoms with Gasteiger partial charge in [-0.05, 0) is 90.2 Å². The van der Waals surface area contributed by atoms with Crippen molar-refractivity contribution >= 4 is 40.6 Å². The molecule has 5 aromatic rings. The lowest BCUT2D eigenvalue weighted by molar-refractivity contribution is -0.130. The van der Waals surface area contributed by atoms with E-state index in [2.05, 4.69) is 15.5 Å². The van der Waals surface area contributed by atoms with Crippen LogP contribution >= 0.6 is 23.1 Å². The summed E-state index contributed by atoms with van der Waals surface area (Å²) in [6, 6.07) is 26.2. The number of thiophene rings is 1. The highest BCUT2D eigenvalue weighted by atomic mass is 32.2. The predicted molar refractivity (Wildman–Crippen MR) is 185 cm³/mol. The molecule has 1 unspecified atom stereocenters. The van der Waals surface area contributed by atoms with Gasteiger partial charge >= 0.3 is 0 Å². The van der Waals surface area contributed by atoms with Crippen molar-refractivity contribution in [2.24, 2.45) is 5.10 Å². The Morgan fingerprint density at radius 1 is 0.917 bits per heavy atom. The van der Waals surface area contributed by atoms with Crippen LogP contribution < -0.4 is 19.5 Å². The van der Waals surface area contributed by atoms with Crippen molar-refractivity contribution in [2.45, 2.75) is 31.1 Å². The lowest BCUT2D eigenvalue weighted by Gasteiger charge is -2.22. The molecule has 1 N–H and O–H groups in total. The molecule has 48 heavy (non-hydrogen) atoms. The van der Waals surface area contributed by atoms with Crippen LogP contribution in [0.4, 0.5) is 0 Å². The number of amides is 2. The van der Waals surface area contributed by atoms with Crippen LogP contribution in [-0.2, 0) is 11.3 Å². The largest absolute Gasteiger partial charge is 0.497 e. The molecule has 6 rings (SSSR count). The van der Waals surface area contributed by atoms with E-state index in [0.717, 1.165) is 39.8 Å². The molecule has 0 spiro atoms. The Morgan fingerprint density at radius 2 is 1.60 bits per heavy atom. The molecular formula is C35H34N6O5S2. The molecule has 0 fully saturated rings. The maximum Gasteiger partial charge on any atom is 0.261 e. The van der Waals surface area contributed by atoms with Crippen molar-refractivity contribution in [2.75, 3.05) is 26.6 Å². The fraction of sp³-hybridized carbons (Fsp3) is 0.229. The second kappa shape index (κ2) is 15.2. The van der Waals surface area contributed by atoms with Gasteiger partial charge in [0.1, 0.15) is 17.2 Å². The van der Waals surface area contributed by atoms with E-state index in [-0.39, 0.29) is 30.2 Å². The molecule has 3 aromatic carbocycles. The molecule has 0 saturated carbocycles. The molecule has 13 heteroatoms. The standard InChI is InChI=1S/C35H34N6O5S2/c1-4-46-28-17-11-25(12-18-28)40-32(21-36-34(43)31-6-5-19-47-31)37-38-35(40)48-22-33(42)41-30(24-9-15-27(45-3)16-10-24)20-29(39-41)23-7-13-26(44-2)14-8-23/h5-19,30H,4,20-22H2,1-3H3,(H,36,43). The summed E-state index contributed by atoms with van der Waals surface area (Å²) in [5, 5.41) is 20.5. The molecule has 2 aromatic heterocycles. The molecule has 0 saturated heterocycles. The van der Waals surface area contributed by atoms with E-state index in [1.165, 1.54) is 23.1 Å². The quantitative estimate of drug-likeness (QED) is 0.147. The first-order chi connectivity index (χ1) is 23.5. The van der Waals surface area contributed by atoms with Gasteiger partial charge in [0.2, 0.25) is 0 Å². The minimum absolute atomic E-state index is 0.0583. The van der Waals surface area contributed by atoms with Gasteiger partial charge in [-0.3, -0.25) is 14.2 Å². The number of benzene rings is 3. The van der Waals surface area contributed by atoms with Gasteiger partial charge in [0, 0.05) is 12.1 Å². The normalized spacial score (nSPS) is 14.0. The maximum absolute atomic E-state index is 13.9. The van der Waals surface area contributed by atoms with Crippen molar-refractivity contribution < 1.29 is 23.8 Å². The Bertz CT molecular complexity index is 1870. The zero-order valence-electron chi connectivity index (χ0n) is 26.7. The molecule has 0 radical (unpaired) electrons. The summed E-state index contributed by atoms with van der Waals surface area (Å²) in [4.78, 5) is 27.3. The highest BCUT2D eigenvalue weighted by Gasteiger charge is 2.33. The summed E-state index contributed by atoms with van der Waals surface area (Å²) in [7, 11) is 3.25. The van der Waals surface area contributed by atoms with Gasteiger partial charge in [-0.15, -0.1) is 21.5 Å². The van der Waals surface area contributed by atoms with Crippen molar-refractivity contribution in [3.63, 3.8) is 0 Å². The number of carbonyl (C=O) groups excluding carboxylic acids is 2. The monoisotopic (exact) mass is 682 g/mol. The minimum Gasteiger partial charge on any atom is -0.497 e. The number of rotatable bonds is 13. The smallest absolute Gasteiger partial charge is 0.261 e. The molecule has 3 heterocycles. The molecule has 0 aliphatic carbocycles. The summed E-state index contributed by atoms with van der Waals surface area (Å²) in [6.45, 7) is 2.62. The molecule has 246 valence electrons. The Morgan fingerprint density at radius 3 is 2.25 bits per heavy atom. The fourth-order valence-electron chi connectivity index (χ4n) is 5.26. The Labute approximate surface area is 286 Å². The fourth-order valence-corrected chi connectivity index (χ4v) is 6.72. The molecule has 0 bridgehead atoms. The highest BCUT2D eigenvalue weighted by Crippen LogP contribution is 2.35. The molecule has 1 aliphatic rings. The number of nitrogens with zero attached hydrogens (tertiary/aromatic N) is 5. The number of hydrogen-bond donors (Lipinski definition) is 1. The van der Waals surface area contributed by atoms with Crippen LogP contribution in [0.5, 0.6) is 17.2 Å². The van der Waals surface area contributed by atoms with E-state index in [9.17, 15) is 9.59 Å². The Hall–Kier alpha value is -5.14. The van der Waals surface area contributed by atoms with Crippen molar-refractivity contribution in [1.82, 2.24) is 25.1 Å². The summed E-state index contributed by atoms with van der Waals surface area (Å²) >= 11 is 2.62. The van der Waals surface area contributed by atoms with Gasteiger partial charge in [0.25, 0.3) is 11.8 Å². The van der Waals surface area contributed by atoms with E-state index in [1.807, 2.05) is 95.7 Å². The highest BCUT2D eigenvalue weighted by molar-refractivity contribution is 7.99. The minimum atomic E-state index is -0.298. The third kappa shape index (κ3) is 7.37. The van der Waals surface area contributed by atoms with E-state index >= 15 is 0 Å². The Balaban J connectivity index is 1.25. The van der Waals surface area contributed by atoms with E-state index in [0.29, 0.717) is 28.9 Å². The molecular weight excluding hydrogens is 649 g/mol. The van der Waals surface area contributed by atoms with Crippen LogP contribution in [0.3, 0.4) is 0 Å². The van der Waals surface area contributed by atoms with E-state index < -0.39 is 0 Å². The number of thioether (sulfide) groups is 1. The second-order valence-electron chi connectivity index (χ2n) is 10.6. The lowest BCUT2D eigenvalue weighted by Crippen LogP contribution is -2.28. The number of aromatic nitrogens is 3. The average molecular weight is 683 g/mol. The Kier molecular flexibility index (Phi) is 10.4. The van der Waals surface area contributed by atoms with Crippen molar-refractivity contribution in [3.8, 4) is 22.9 Å². The zero-order valence-corrected chi connectivity index (χ0v) is 28.3. The molecule has 1 aliphatic heterocycles. The van der Waals surface area contributed by atoms with Crippen LogP contribution in [0.15, 0.2) is 101 Å². The van der Waals surface area contributed by atoms with Gasteiger partial charge in [-0.1, -0.05) is 30.0 Å². The van der Waals surface area contributed by atoms with Crippen LogP contribution in [0, 0.1) is 0 Å². The first-order valence-electron chi connectivity index (χ1n) is 15.3. The summed E-state index contributed by atoms with van der Waals surface area (Å²) in [5.41, 5.74) is 3.44. The summed E-state index contributed by atoms with van der Waals surface area (Å²) < 4.78 is 18.2. The van der Waals surface area contributed by atoms with Crippen LogP contribution in [-0.4, -0.2) is 63.9 Å². The zero-order chi connectivity index (χ0) is 33.5. The van der Waals surface area contributed by atoms with Gasteiger partial charge in [0.05, 0.1) is 49.8 Å². The van der Waals surface area contributed by atoms with Crippen LogP contribution in [0.2, 0.25) is 0 Å². The van der Waals surface area contributed by atoms with Gasteiger partial charge in [-0.2, -0.15) is 5.10 Å². The van der Waals surface area contributed by atoms with Crippen LogP contribution in [0.25, 0.3) is 5.69 Å². The number of nitrogens with one attached hydrogen (secondary N) is 1. The van der Waals surface area contributed by atoms with E-state index in [4.69, 9.17) is 19.3 Å². The topological polar surface area (TPSA) is 120 Å². The van der Waals surface area contributed by atoms with Crippen LogP contribution in [0.1, 0.15) is 46.0 Å². The number of hydrazone groups is 1. The molecule has 11 nitrogen and oxygen atoms in total. The number of carbonyl (C=O) groups is 2. The van der Waals surface area contributed by atoms with Gasteiger partial charge < -0.3 is 19.5 Å². The third-order valence-electron chi connectivity index (χ3n) is 7.67. The summed E-state index contributed by atoms with van der Waals surface area (Å²) in [6.07, 6.45) is 0.547. The predicted octanol–water partition coefficient (Wildman–Crippen LogP) is 6.14. The summed E-state index contributed by atoms with van der Waals surface area (Å²) in [5.74, 6) is 2.42. The van der Waals surface area contributed by atoms with Crippen molar-refractivity contribution in [1.29, 1.82) is 0 Å². The molecule has 2 amide bonds. The lowest BCUT2D eigenvalue weighted by atomic mass is 9.98. The average Bonchev–Trinajstić information content (AvgIpc) is 3.91. The third-order valence-corrected chi connectivity index (χ3v) is 9.46. The van der Waals surface area contributed by atoms with E-state index in [1.54, 1.807) is 25.3 Å². The second-order valence-corrected chi connectivity index (χ2v) is 12.5. The SMILES string of the molecule is CCOc1ccc(-n2c(CNC(=O)c3cccs3)nnc2SCC(=O)N2N=C(c3ccc(OC)cc3)CC2c2ccc(OC)cc2)cc1. The molecule has 1 atom stereocenters. The van der Waals surface area contributed by atoms with Gasteiger partial charge in [0.15, 0.2) is 11.0 Å². The number of ether oxygens (including phenoxy) is 3. The first kappa shape index (κ1) is 32.8. The maximum atomic E-state index is 13.9. The number of methoxy groups -OCH3 is 2. The first-order valence-corrected chi connectivity index (χ1v) is 17.1. The number of hydrogen-bond acceptors (Lipinski definition) is 10. The van der Waals surface area contributed by atoms with Gasteiger partial charge in [-0.25, -0.2) is 5.01 Å². The van der Waals surface area contributed by atoms with Crippen molar-refractivity contribution in [3.05, 3.63) is 112 Å².